The minimum Gasteiger partial charge on any atom is -0.311 e. The highest BCUT2D eigenvalue weighted by Crippen LogP contribution is 2.54. The summed E-state index contributed by atoms with van der Waals surface area (Å²) in [5.74, 6) is 0. The second kappa shape index (κ2) is 19.4. The Labute approximate surface area is 512 Å². The molecule has 2 aliphatic heterocycles. The van der Waals surface area contributed by atoms with Crippen LogP contribution >= 0.6 is 11.3 Å². The normalized spacial score (nSPS) is 13.5. The molecule has 3 heterocycles. The summed E-state index contributed by atoms with van der Waals surface area (Å²) in [6, 6.07) is 86.9. The Balaban J connectivity index is 1.11. The van der Waals surface area contributed by atoms with Gasteiger partial charge >= 0.3 is 0 Å². The van der Waals surface area contributed by atoms with Gasteiger partial charge in [-0.15, -0.1) is 11.3 Å². The SMILES string of the molecule is CC(C)(C)c1ccc2c(c1)B1c3sc4ccc(C(C)(C)C)cc4c3N(c3ccc(C(C)(C)C)cc3-c3ccccc3)c3cc(-c4ccccc4-c4ccccc4)cc(c31)N2c1ccc(C(C)(C)C)cc1-c1cc2ccc3cccc4ccc(c1)c2c34. The molecule has 0 spiro atoms. The molecule has 0 fully saturated rings. The van der Waals surface area contributed by atoms with Crippen LogP contribution in [0.3, 0.4) is 0 Å². The van der Waals surface area contributed by atoms with Crippen LogP contribution in [0, 0.1) is 0 Å². The summed E-state index contributed by atoms with van der Waals surface area (Å²) in [6.07, 6.45) is 0. The Bertz CT molecular complexity index is 4800. The summed E-state index contributed by atoms with van der Waals surface area (Å²) in [5.41, 5.74) is 24.4. The number of nitrogens with zero attached hydrogens (tertiary/aromatic N) is 2. The molecule has 0 aliphatic carbocycles. The number of thiophene rings is 1. The topological polar surface area (TPSA) is 6.48 Å². The van der Waals surface area contributed by atoms with Crippen LogP contribution in [-0.4, -0.2) is 6.71 Å². The fourth-order valence-electron chi connectivity index (χ4n) is 14.1. The lowest BCUT2D eigenvalue weighted by Crippen LogP contribution is -2.60. The highest BCUT2D eigenvalue weighted by molar-refractivity contribution is 7.33. The minimum atomic E-state index is -0.111. The van der Waals surface area contributed by atoms with Crippen LogP contribution in [0.25, 0.3) is 86.9 Å². The Hall–Kier alpha value is -8.70. The Morgan fingerprint density at radius 3 is 1.31 bits per heavy atom. The quantitative estimate of drug-likeness (QED) is 0.121. The van der Waals surface area contributed by atoms with Crippen molar-refractivity contribution in [3.8, 4) is 44.5 Å². The lowest BCUT2D eigenvalue weighted by atomic mass is 9.36. The van der Waals surface area contributed by atoms with E-state index in [2.05, 4.69) is 317 Å². The zero-order valence-corrected chi connectivity index (χ0v) is 52.6. The second-order valence-corrected chi connectivity index (χ2v) is 29.7. The van der Waals surface area contributed by atoms with Crippen molar-refractivity contribution in [2.24, 2.45) is 0 Å². The van der Waals surface area contributed by atoms with Crippen LogP contribution in [0.1, 0.15) is 105 Å². The first-order valence-corrected chi connectivity index (χ1v) is 31.7. The highest BCUT2D eigenvalue weighted by atomic mass is 32.1. The predicted octanol–water partition coefficient (Wildman–Crippen LogP) is 21.7. The monoisotopic (exact) mass is 1130 g/mol. The van der Waals surface area contributed by atoms with Crippen molar-refractivity contribution in [3.05, 3.63) is 247 Å². The molecule has 0 N–H and O–H groups in total. The van der Waals surface area contributed by atoms with Gasteiger partial charge in [0.25, 0.3) is 6.71 Å². The molecule has 15 rings (SSSR count). The van der Waals surface area contributed by atoms with Gasteiger partial charge in [0.1, 0.15) is 0 Å². The van der Waals surface area contributed by atoms with Crippen molar-refractivity contribution >= 4 is 110 Å². The maximum absolute atomic E-state index is 2.72. The van der Waals surface area contributed by atoms with Crippen LogP contribution in [0.15, 0.2) is 224 Å². The molecule has 0 saturated carbocycles. The van der Waals surface area contributed by atoms with Gasteiger partial charge in [-0.2, -0.15) is 0 Å². The van der Waals surface area contributed by atoms with Gasteiger partial charge in [-0.25, -0.2) is 0 Å². The van der Waals surface area contributed by atoms with Gasteiger partial charge in [-0.05, 0) is 187 Å². The summed E-state index contributed by atoms with van der Waals surface area (Å²) in [5, 5.41) is 9.04. The van der Waals surface area contributed by atoms with E-state index < -0.39 is 0 Å². The van der Waals surface area contributed by atoms with Gasteiger partial charge < -0.3 is 9.80 Å². The average Bonchev–Trinajstić information content (AvgIpc) is 1.29. The molecule has 2 aliphatic rings. The maximum atomic E-state index is 2.72. The first kappa shape index (κ1) is 54.0. The van der Waals surface area contributed by atoms with E-state index in [-0.39, 0.29) is 28.4 Å². The zero-order chi connectivity index (χ0) is 59.3. The fraction of sp³-hybridized carbons (Fsp3) is 0.195. The smallest absolute Gasteiger partial charge is 0.264 e. The molecule has 4 heteroatoms. The summed E-state index contributed by atoms with van der Waals surface area (Å²) in [6.45, 7) is 28.2. The van der Waals surface area contributed by atoms with Crippen molar-refractivity contribution in [1.29, 1.82) is 0 Å². The van der Waals surface area contributed by atoms with E-state index in [9.17, 15) is 0 Å². The van der Waals surface area contributed by atoms with Gasteiger partial charge in [-0.3, -0.25) is 0 Å². The number of hydrogen-bond donors (Lipinski definition) is 0. The third kappa shape index (κ3) is 8.72. The molecule has 0 amide bonds. The maximum Gasteiger partial charge on any atom is 0.264 e. The van der Waals surface area contributed by atoms with E-state index in [1.54, 1.807) is 0 Å². The van der Waals surface area contributed by atoms with E-state index >= 15 is 0 Å². The molecule has 420 valence electrons. The molecule has 2 nitrogen and oxygen atoms in total. The fourth-order valence-corrected chi connectivity index (χ4v) is 15.4. The van der Waals surface area contributed by atoms with Crippen molar-refractivity contribution < 1.29 is 0 Å². The lowest BCUT2D eigenvalue weighted by molar-refractivity contribution is 0.590. The van der Waals surface area contributed by atoms with Crippen LogP contribution in [0.5, 0.6) is 0 Å². The van der Waals surface area contributed by atoms with E-state index in [1.807, 2.05) is 11.3 Å². The molecule has 0 saturated heterocycles. The van der Waals surface area contributed by atoms with Crippen molar-refractivity contribution in [1.82, 2.24) is 0 Å². The third-order valence-electron chi connectivity index (χ3n) is 18.8. The van der Waals surface area contributed by atoms with E-state index in [4.69, 9.17) is 0 Å². The minimum absolute atomic E-state index is 0.0684. The van der Waals surface area contributed by atoms with Crippen LogP contribution in [0.2, 0.25) is 0 Å². The van der Waals surface area contributed by atoms with Crippen molar-refractivity contribution in [2.45, 2.75) is 105 Å². The molecule has 0 atom stereocenters. The Morgan fingerprint density at radius 1 is 0.314 bits per heavy atom. The highest BCUT2D eigenvalue weighted by Gasteiger charge is 2.47. The third-order valence-corrected chi connectivity index (χ3v) is 20.0. The summed E-state index contributed by atoms with van der Waals surface area (Å²) in [7, 11) is 0. The summed E-state index contributed by atoms with van der Waals surface area (Å²) in [4.78, 5) is 5.41. The molecule has 0 bridgehead atoms. The molecular formula is C82H73BN2S. The van der Waals surface area contributed by atoms with Crippen molar-refractivity contribution in [2.75, 3.05) is 9.80 Å². The van der Waals surface area contributed by atoms with Gasteiger partial charge in [0, 0.05) is 43.1 Å². The molecule has 12 aromatic carbocycles. The van der Waals surface area contributed by atoms with Crippen LogP contribution in [0.4, 0.5) is 34.1 Å². The number of rotatable bonds is 6. The van der Waals surface area contributed by atoms with Crippen LogP contribution < -0.4 is 25.5 Å². The molecular weight excluding hydrogens is 1060 g/mol. The largest absolute Gasteiger partial charge is 0.311 e. The molecule has 0 radical (unpaired) electrons. The van der Waals surface area contributed by atoms with Gasteiger partial charge in [0.05, 0.1) is 17.1 Å². The first-order valence-electron chi connectivity index (χ1n) is 30.8. The molecule has 13 aromatic rings. The number of benzene rings is 12. The molecule has 0 unspecified atom stereocenters. The number of anilines is 6. The molecule has 1 aromatic heterocycles. The van der Waals surface area contributed by atoms with Gasteiger partial charge in [-0.1, -0.05) is 241 Å². The zero-order valence-electron chi connectivity index (χ0n) is 51.7. The van der Waals surface area contributed by atoms with Crippen LogP contribution in [-0.2, 0) is 21.7 Å². The van der Waals surface area contributed by atoms with E-state index in [0.717, 1.165) is 5.69 Å². The van der Waals surface area contributed by atoms with Gasteiger partial charge in [0.15, 0.2) is 0 Å². The summed E-state index contributed by atoms with van der Waals surface area (Å²) < 4.78 is 2.67. The van der Waals surface area contributed by atoms with Gasteiger partial charge in [0.2, 0.25) is 0 Å². The lowest BCUT2D eigenvalue weighted by Gasteiger charge is -2.45. The predicted molar refractivity (Wildman–Crippen MR) is 376 cm³/mol. The standard InChI is InChI=1S/C82H73BN2S/c1-79(2,3)58-35-39-69(64(46-58)51-24-17-14-18-25-51)85-72-45-57(63-29-20-19-28-62(63)50-22-15-13-16-23-50)44-71-76(72)83(78-77(85)66-48-60(81(7,8)9)37-41-73(66)86-78)67-49-61(82(10,11)12)36-40-70(67)84(71)68-38-34-59(80(4,5)6)47-65(68)56-42-54-32-30-52-26-21-27-53-31-33-55(43-56)75(54)74(52)53/h13-49H,1-12H3. The average molecular weight is 1130 g/mol. The second-order valence-electron chi connectivity index (χ2n) is 28.6. The van der Waals surface area contributed by atoms with E-state index in [1.165, 1.54) is 153 Å². The number of hydrogen-bond acceptors (Lipinski definition) is 3. The Morgan fingerprint density at radius 2 is 0.744 bits per heavy atom. The van der Waals surface area contributed by atoms with Crippen molar-refractivity contribution in [3.63, 3.8) is 0 Å². The number of fused-ring (bicyclic) bond motifs is 6. The van der Waals surface area contributed by atoms with E-state index in [0.29, 0.717) is 0 Å². The molecule has 86 heavy (non-hydrogen) atoms. The Kier molecular flexibility index (Phi) is 12.2. The first-order chi connectivity index (χ1) is 41.2. The summed E-state index contributed by atoms with van der Waals surface area (Å²) >= 11 is 1.99.